The SMILES string of the molecule is Cc1ccc(-c2nc(-c3ccc(C)cc3)nc(-c3cccc(-c4cccc(-c5ccc6c(c5)oc5ccccc56)c4)c3)n2)cc1. The lowest BCUT2D eigenvalue weighted by Crippen LogP contribution is -2.00. The van der Waals surface area contributed by atoms with Crippen molar-refractivity contribution in [3.8, 4) is 56.4 Å². The molecule has 4 heteroatoms. The minimum atomic E-state index is 0.643. The van der Waals surface area contributed by atoms with Crippen LogP contribution in [0.3, 0.4) is 0 Å². The predicted molar refractivity (Wildman–Crippen MR) is 184 cm³/mol. The Labute approximate surface area is 261 Å². The van der Waals surface area contributed by atoms with Crippen molar-refractivity contribution >= 4 is 21.9 Å². The third kappa shape index (κ3) is 5.17. The average molecular weight is 580 g/mol. The van der Waals surface area contributed by atoms with Crippen molar-refractivity contribution < 1.29 is 4.42 Å². The van der Waals surface area contributed by atoms with Crippen LogP contribution in [0.15, 0.2) is 144 Å². The van der Waals surface area contributed by atoms with Gasteiger partial charge in [-0.05, 0) is 66.4 Å². The molecule has 0 spiro atoms. The maximum Gasteiger partial charge on any atom is 0.164 e. The Kier molecular flexibility index (Phi) is 6.54. The molecule has 0 unspecified atom stereocenters. The minimum Gasteiger partial charge on any atom is -0.456 e. The number of nitrogens with zero attached hydrogens (tertiary/aromatic N) is 3. The van der Waals surface area contributed by atoms with E-state index in [0.29, 0.717) is 17.5 Å². The molecule has 8 aromatic rings. The molecule has 0 saturated carbocycles. The lowest BCUT2D eigenvalue weighted by atomic mass is 9.97. The van der Waals surface area contributed by atoms with Crippen molar-refractivity contribution in [1.29, 1.82) is 0 Å². The summed E-state index contributed by atoms with van der Waals surface area (Å²) in [7, 11) is 0. The van der Waals surface area contributed by atoms with Crippen LogP contribution in [0.4, 0.5) is 0 Å². The van der Waals surface area contributed by atoms with Crippen molar-refractivity contribution in [1.82, 2.24) is 15.0 Å². The Hall–Kier alpha value is -5.87. The topological polar surface area (TPSA) is 51.8 Å². The van der Waals surface area contributed by atoms with Gasteiger partial charge in [0.25, 0.3) is 0 Å². The first-order valence-corrected chi connectivity index (χ1v) is 15.1. The van der Waals surface area contributed by atoms with Gasteiger partial charge in [-0.1, -0.05) is 120 Å². The third-order valence-corrected chi connectivity index (χ3v) is 8.28. The number of hydrogen-bond donors (Lipinski definition) is 0. The summed E-state index contributed by atoms with van der Waals surface area (Å²) in [6.07, 6.45) is 0. The molecule has 0 fully saturated rings. The number of fused-ring (bicyclic) bond motifs is 3. The number of aromatic nitrogens is 3. The quantitative estimate of drug-likeness (QED) is 0.203. The summed E-state index contributed by atoms with van der Waals surface area (Å²) in [4.78, 5) is 14.8. The van der Waals surface area contributed by atoms with E-state index in [1.165, 1.54) is 11.1 Å². The second-order valence-corrected chi connectivity index (χ2v) is 11.5. The number of hydrogen-bond acceptors (Lipinski definition) is 4. The summed E-state index contributed by atoms with van der Waals surface area (Å²) >= 11 is 0. The molecule has 0 aliphatic rings. The Morgan fingerprint density at radius 2 is 0.800 bits per heavy atom. The van der Waals surface area contributed by atoms with Gasteiger partial charge < -0.3 is 4.42 Å². The van der Waals surface area contributed by atoms with Gasteiger partial charge in [-0.3, -0.25) is 0 Å². The summed E-state index contributed by atoms with van der Waals surface area (Å²) in [5, 5.41) is 2.27. The van der Waals surface area contributed by atoms with Gasteiger partial charge in [0.15, 0.2) is 17.5 Å². The van der Waals surface area contributed by atoms with E-state index < -0.39 is 0 Å². The highest BCUT2D eigenvalue weighted by atomic mass is 16.3. The van der Waals surface area contributed by atoms with Crippen LogP contribution >= 0.6 is 0 Å². The molecule has 2 aromatic heterocycles. The number of aryl methyl sites for hydroxylation is 2. The van der Waals surface area contributed by atoms with Crippen LogP contribution in [-0.4, -0.2) is 15.0 Å². The van der Waals surface area contributed by atoms with Crippen LogP contribution in [0.25, 0.3) is 78.4 Å². The predicted octanol–water partition coefficient (Wildman–Crippen LogP) is 10.7. The molecule has 0 aliphatic heterocycles. The van der Waals surface area contributed by atoms with Gasteiger partial charge in [-0.25, -0.2) is 15.0 Å². The van der Waals surface area contributed by atoms with Crippen molar-refractivity contribution in [2.45, 2.75) is 13.8 Å². The first kappa shape index (κ1) is 26.7. The van der Waals surface area contributed by atoms with Crippen LogP contribution in [0, 0.1) is 13.8 Å². The number of benzene rings is 6. The summed E-state index contributed by atoms with van der Waals surface area (Å²) in [5.74, 6) is 1.96. The second kappa shape index (κ2) is 11.0. The zero-order chi connectivity index (χ0) is 30.3. The molecule has 214 valence electrons. The average Bonchev–Trinajstić information content (AvgIpc) is 3.47. The minimum absolute atomic E-state index is 0.643. The maximum atomic E-state index is 6.17. The Morgan fingerprint density at radius 3 is 1.40 bits per heavy atom. The van der Waals surface area contributed by atoms with Crippen molar-refractivity contribution in [2.75, 3.05) is 0 Å². The smallest absolute Gasteiger partial charge is 0.164 e. The van der Waals surface area contributed by atoms with Crippen molar-refractivity contribution in [3.63, 3.8) is 0 Å². The fourth-order valence-corrected chi connectivity index (χ4v) is 5.79. The van der Waals surface area contributed by atoms with Crippen LogP contribution in [0.1, 0.15) is 11.1 Å². The molecule has 4 nitrogen and oxygen atoms in total. The Morgan fingerprint density at radius 1 is 0.356 bits per heavy atom. The molecule has 0 amide bonds. The van der Waals surface area contributed by atoms with Crippen LogP contribution in [0.2, 0.25) is 0 Å². The fourth-order valence-electron chi connectivity index (χ4n) is 5.79. The number of furan rings is 1. The summed E-state index contributed by atoms with van der Waals surface area (Å²) in [6.45, 7) is 4.16. The molecule has 0 radical (unpaired) electrons. The first-order valence-electron chi connectivity index (χ1n) is 15.1. The van der Waals surface area contributed by atoms with E-state index in [-0.39, 0.29) is 0 Å². The van der Waals surface area contributed by atoms with Crippen LogP contribution in [0.5, 0.6) is 0 Å². The van der Waals surface area contributed by atoms with Crippen LogP contribution < -0.4 is 0 Å². The van der Waals surface area contributed by atoms with Gasteiger partial charge in [-0.15, -0.1) is 0 Å². The van der Waals surface area contributed by atoms with Gasteiger partial charge in [0.05, 0.1) is 0 Å². The maximum absolute atomic E-state index is 6.17. The molecule has 0 N–H and O–H groups in total. The number of rotatable bonds is 5. The highest BCUT2D eigenvalue weighted by Crippen LogP contribution is 2.34. The third-order valence-electron chi connectivity index (χ3n) is 8.28. The van der Waals surface area contributed by atoms with Gasteiger partial charge in [-0.2, -0.15) is 0 Å². The molecule has 6 aromatic carbocycles. The normalized spacial score (nSPS) is 11.3. The lowest BCUT2D eigenvalue weighted by Gasteiger charge is -2.11. The zero-order valence-electron chi connectivity index (χ0n) is 25.0. The molecule has 0 bridgehead atoms. The summed E-state index contributed by atoms with van der Waals surface area (Å²) in [6, 6.07) is 48.3. The molecule has 45 heavy (non-hydrogen) atoms. The number of para-hydroxylation sites is 1. The van der Waals surface area contributed by atoms with E-state index >= 15 is 0 Å². The van der Waals surface area contributed by atoms with Gasteiger partial charge in [0.2, 0.25) is 0 Å². The molecule has 8 rings (SSSR count). The second-order valence-electron chi connectivity index (χ2n) is 11.5. The summed E-state index contributed by atoms with van der Waals surface area (Å²) in [5.41, 5.74) is 11.5. The van der Waals surface area contributed by atoms with E-state index in [1.807, 2.05) is 18.2 Å². The largest absolute Gasteiger partial charge is 0.456 e. The van der Waals surface area contributed by atoms with Gasteiger partial charge >= 0.3 is 0 Å². The Bertz CT molecular complexity index is 2270. The van der Waals surface area contributed by atoms with E-state index in [0.717, 1.165) is 60.9 Å². The van der Waals surface area contributed by atoms with Crippen LogP contribution in [-0.2, 0) is 0 Å². The molecule has 0 aliphatic carbocycles. The molecule has 2 heterocycles. The van der Waals surface area contributed by atoms with E-state index in [9.17, 15) is 0 Å². The molecule has 0 saturated heterocycles. The molecular weight excluding hydrogens is 550 g/mol. The van der Waals surface area contributed by atoms with Crippen molar-refractivity contribution in [2.24, 2.45) is 0 Å². The fraction of sp³-hybridized carbons (Fsp3) is 0.0488. The molecular formula is C41H29N3O. The van der Waals surface area contributed by atoms with E-state index in [4.69, 9.17) is 19.4 Å². The Balaban J connectivity index is 1.19. The highest BCUT2D eigenvalue weighted by molar-refractivity contribution is 6.05. The van der Waals surface area contributed by atoms with Gasteiger partial charge in [0, 0.05) is 27.5 Å². The van der Waals surface area contributed by atoms with E-state index in [2.05, 4.69) is 135 Å². The zero-order valence-corrected chi connectivity index (χ0v) is 25.0. The highest BCUT2D eigenvalue weighted by Gasteiger charge is 2.14. The van der Waals surface area contributed by atoms with Crippen molar-refractivity contribution in [3.05, 3.63) is 151 Å². The monoisotopic (exact) mass is 579 g/mol. The van der Waals surface area contributed by atoms with E-state index in [1.54, 1.807) is 0 Å². The first-order chi connectivity index (χ1) is 22.1. The standard InChI is InChI=1S/C41H29N3O/c1-26-13-17-28(18-14-26)39-42-40(29-19-15-27(2)16-20-29)44-41(43-39)34-10-6-9-32(24-34)30-7-5-8-31(23-30)33-21-22-36-35-11-3-4-12-37(35)45-38(36)25-33/h3-25H,1-2H3. The summed E-state index contributed by atoms with van der Waals surface area (Å²) < 4.78 is 6.17. The van der Waals surface area contributed by atoms with Gasteiger partial charge in [0.1, 0.15) is 11.2 Å². The molecule has 0 atom stereocenters. The lowest BCUT2D eigenvalue weighted by molar-refractivity contribution is 0.669.